The first-order valence-electron chi connectivity index (χ1n) is 23.0. The molecule has 0 spiro atoms. The minimum Gasteiger partial charge on any atom is -0.547 e. The Morgan fingerprint density at radius 3 is 0.326 bits per heavy atom. The average molecular weight is 1550 g/mol. The Balaban J connectivity index is -0.0000000480. The number of carboxylic acids is 10. The molecule has 0 aromatic carbocycles. The zero-order chi connectivity index (χ0) is 73.3. The predicted molar refractivity (Wildman–Crippen MR) is 281 cm³/mol. The summed E-state index contributed by atoms with van der Waals surface area (Å²) in [5.74, 6) is -16.5. The molecule has 0 rings (SSSR count). The summed E-state index contributed by atoms with van der Waals surface area (Å²) in [6.45, 7) is 3.35. The molecule has 0 aliphatic heterocycles. The molecule has 6 unspecified atom stereocenters. The largest absolute Gasteiger partial charge is 2.00 e. The van der Waals surface area contributed by atoms with E-state index in [1.807, 2.05) is 0 Å². The number of carboxylic acid groups (broad SMARTS) is 10. The number of aliphatic hydroxyl groups is 26. The van der Waals surface area contributed by atoms with Crippen LogP contribution in [0.15, 0.2) is 0 Å². The van der Waals surface area contributed by atoms with Crippen molar-refractivity contribution in [1.82, 2.24) is 0 Å². The van der Waals surface area contributed by atoms with Gasteiger partial charge in [0.25, 0.3) is 0 Å². The zero-order valence-electron chi connectivity index (χ0n) is 50.9. The fourth-order valence-electron chi connectivity index (χ4n) is 2.65. The van der Waals surface area contributed by atoms with Crippen molar-refractivity contribution < 1.29 is 243 Å². The Morgan fingerprint density at radius 2 is 0.284 bits per heavy atom. The van der Waals surface area contributed by atoms with Gasteiger partial charge < -0.3 is 243 Å². The molecule has 0 aromatic heterocycles. The fraction of sp³-hybridized carbons (Fsp3) is 0.762. The first-order chi connectivity index (χ1) is 39.5. The maximum atomic E-state index is 9.98. The molecule has 0 aliphatic carbocycles. The molecule has 0 aromatic rings. The van der Waals surface area contributed by atoms with Gasteiger partial charge in [-0.25, -0.2) is 0 Å². The molecule has 0 amide bonds. The van der Waals surface area contributed by atoms with E-state index in [0.717, 1.165) is 41.5 Å². The van der Waals surface area contributed by atoms with Crippen LogP contribution in [0.1, 0.15) is 41.5 Å². The summed E-state index contributed by atoms with van der Waals surface area (Å²) in [7, 11) is 0. The van der Waals surface area contributed by atoms with Gasteiger partial charge in [0.1, 0.15) is 97.7 Å². The number of aliphatic carboxylic acids is 10. The number of aliphatic hydroxyl groups excluding tert-OH is 26. The Bertz CT molecular complexity index is 1600. The van der Waals surface area contributed by atoms with Crippen LogP contribution in [0.5, 0.6) is 0 Å². The van der Waals surface area contributed by atoms with Crippen LogP contribution in [0.3, 0.4) is 0 Å². The second-order valence-electron chi connectivity index (χ2n) is 15.9. The molecule has 0 saturated heterocycles. The molecule has 544 valence electrons. The van der Waals surface area contributed by atoms with Gasteiger partial charge in [0, 0.05) is 0 Å². The second kappa shape index (κ2) is 81.2. The summed E-state index contributed by atoms with van der Waals surface area (Å²) in [6.07, 6.45) is -40.4. The van der Waals surface area contributed by atoms with E-state index in [2.05, 4.69) is 0 Å². The molecule has 30 N–H and O–H groups in total. The summed E-state index contributed by atoms with van der Waals surface area (Å²) < 4.78 is 0. The van der Waals surface area contributed by atoms with Gasteiger partial charge in [0.05, 0.1) is 123 Å². The van der Waals surface area contributed by atoms with E-state index in [4.69, 9.17) is 133 Å². The van der Waals surface area contributed by atoms with Crippen molar-refractivity contribution in [2.45, 2.75) is 176 Å². The first-order valence-corrected chi connectivity index (χ1v) is 23.0. The quantitative estimate of drug-likeness (QED) is 0.0358. The number of carbonyl (C=O) groups is 10. The van der Waals surface area contributed by atoms with Gasteiger partial charge >= 0.3 is 189 Å². The van der Waals surface area contributed by atoms with Gasteiger partial charge in [-0.05, 0) is 41.5 Å². The zero-order valence-corrected chi connectivity index (χ0v) is 61.9. The van der Waals surface area contributed by atoms with E-state index in [0.29, 0.717) is 0 Å². The number of rotatable bonds is 26. The van der Waals surface area contributed by atoms with E-state index >= 15 is 0 Å². The van der Waals surface area contributed by atoms with Crippen LogP contribution in [0.4, 0.5) is 0 Å². The molecular formula is C42H78Ca5O48. The third-order valence-corrected chi connectivity index (χ3v) is 8.03. The number of hydrogen-bond donors (Lipinski definition) is 26. The minimum absolute atomic E-state index is 0. The maximum Gasteiger partial charge on any atom is 2.00 e. The van der Waals surface area contributed by atoms with Gasteiger partial charge in [-0.1, -0.05) is 0 Å². The molecule has 48 nitrogen and oxygen atoms in total. The molecule has 0 aliphatic rings. The maximum absolute atomic E-state index is 9.98. The van der Waals surface area contributed by atoms with Gasteiger partial charge in [-0.2, -0.15) is 0 Å². The smallest absolute Gasteiger partial charge is 0.547 e. The summed E-state index contributed by atoms with van der Waals surface area (Å²) in [4.78, 5) is 95.9. The van der Waals surface area contributed by atoms with Crippen molar-refractivity contribution in [3.8, 4) is 0 Å². The van der Waals surface area contributed by atoms with Crippen molar-refractivity contribution >= 4 is 248 Å². The predicted octanol–water partition coefficient (Wildman–Crippen LogP) is -34.2. The fourth-order valence-corrected chi connectivity index (χ4v) is 2.65. The van der Waals surface area contributed by atoms with Crippen LogP contribution < -0.4 is 51.1 Å². The van der Waals surface area contributed by atoms with Crippen molar-refractivity contribution in [3.63, 3.8) is 0 Å². The standard InChI is InChI=1S/4C6H12O7.6C3H6O3.5Ca.2H2O/c4*7-1-2(8)3(9)4(10)5(11)6(12)13;6*1-2(4)3(5)6;;;;;;;/h4*2-5,7-11H,1H2,(H,12,13);6*2,4H,1H3,(H,5,6);;;;;;2*1H2/q;;;;;;;;;;5*+2;;/p-10/t4*2-,3-,4+,5-;;;;;;;;;;;;;/m1111............./s1. The van der Waals surface area contributed by atoms with Crippen LogP contribution in [0.25, 0.3) is 0 Å². The van der Waals surface area contributed by atoms with Crippen molar-refractivity contribution in [3.05, 3.63) is 0 Å². The molecule has 0 radical (unpaired) electrons. The van der Waals surface area contributed by atoms with Crippen molar-refractivity contribution in [1.29, 1.82) is 0 Å². The summed E-state index contributed by atoms with van der Waals surface area (Å²) >= 11 is 0. The van der Waals surface area contributed by atoms with Crippen LogP contribution in [-0.4, -0.2) is 553 Å². The SMILES string of the molecule is CC(O)C(=O)[O-].CC(O)C(=O)[O-].CC(O)C(=O)[O-].CC(O)C(=O)[O-].CC(O)C(=O)[O-].CC(O)C(=O)[O-].O.O.O=C([O-])[C@H](O)[C@@H](O)[C@H](O)[C@H](O)CO.O=C([O-])[C@H](O)[C@@H](O)[C@H](O)[C@H](O)CO.O=C([O-])[C@H](O)[C@@H](O)[C@H](O)[C@H](O)CO.O=C([O-])[C@H](O)[C@@H](O)[C@H](O)[C@H](O)CO.[Ca+2].[Ca+2].[Ca+2].[Ca+2].[Ca+2]. The summed E-state index contributed by atoms with van der Waals surface area (Å²) in [5, 5.41) is 318. The van der Waals surface area contributed by atoms with Crippen molar-refractivity contribution in [2.24, 2.45) is 0 Å². The van der Waals surface area contributed by atoms with E-state index in [1.54, 1.807) is 0 Å². The van der Waals surface area contributed by atoms with Crippen molar-refractivity contribution in [2.75, 3.05) is 26.4 Å². The Kier molecular flexibility index (Phi) is 118. The molecule has 0 bridgehead atoms. The van der Waals surface area contributed by atoms with E-state index < -0.39 is 220 Å². The molecule has 22 atom stereocenters. The Labute approximate surface area is 685 Å². The van der Waals surface area contributed by atoms with Crippen LogP contribution >= 0.6 is 0 Å². The minimum atomic E-state index is -2.31. The monoisotopic (exact) mass is 1550 g/mol. The average Bonchev–Trinajstić information content (AvgIpc) is 3.44. The van der Waals surface area contributed by atoms with Crippen LogP contribution in [0.2, 0.25) is 0 Å². The normalized spacial score (nSPS) is 16.3. The molecule has 0 saturated carbocycles. The van der Waals surface area contributed by atoms with E-state index in [1.165, 1.54) is 0 Å². The number of carbonyl (C=O) groups excluding carboxylic acids is 10. The van der Waals surface area contributed by atoms with Gasteiger partial charge in [0.2, 0.25) is 0 Å². The molecular weight excluding hydrogens is 1470 g/mol. The van der Waals surface area contributed by atoms with Gasteiger partial charge in [0.15, 0.2) is 0 Å². The third-order valence-electron chi connectivity index (χ3n) is 8.03. The van der Waals surface area contributed by atoms with Crippen LogP contribution in [0, 0.1) is 0 Å². The molecule has 53 heteroatoms. The van der Waals surface area contributed by atoms with E-state index in [9.17, 15) is 99.0 Å². The summed E-state index contributed by atoms with van der Waals surface area (Å²) in [5.41, 5.74) is 0. The first kappa shape index (κ1) is 138. The molecule has 0 heterocycles. The van der Waals surface area contributed by atoms with E-state index in [-0.39, 0.29) is 200 Å². The second-order valence-corrected chi connectivity index (χ2v) is 15.9. The Morgan fingerprint density at radius 1 is 0.211 bits per heavy atom. The third kappa shape index (κ3) is 86.2. The van der Waals surface area contributed by atoms with Crippen LogP contribution in [-0.2, 0) is 47.9 Å². The van der Waals surface area contributed by atoms with Gasteiger partial charge in [-0.3, -0.25) is 0 Å². The summed E-state index contributed by atoms with van der Waals surface area (Å²) in [6, 6.07) is 0. The van der Waals surface area contributed by atoms with Gasteiger partial charge in [-0.15, -0.1) is 0 Å². The topological polar surface area (TPSA) is 990 Å². The molecule has 95 heavy (non-hydrogen) atoms. The number of hydrogen-bond acceptors (Lipinski definition) is 46. The Hall–Kier alpha value is -0.121. The molecule has 0 fully saturated rings.